The number of nitrogens with zero attached hydrogens (tertiary/aromatic N) is 1. The lowest BCUT2D eigenvalue weighted by Gasteiger charge is -2.31. The average molecular weight is 324 g/mol. The molecular weight excluding hydrogens is 306 g/mol. The molecule has 0 amide bonds. The van der Waals surface area contributed by atoms with E-state index in [9.17, 15) is 4.79 Å². The highest BCUT2D eigenvalue weighted by Gasteiger charge is 2.33. The highest BCUT2D eigenvalue weighted by Crippen LogP contribution is 2.39. The van der Waals surface area contributed by atoms with Gasteiger partial charge in [0.2, 0.25) is 0 Å². The first kappa shape index (κ1) is 14.9. The molecule has 1 saturated heterocycles. The van der Waals surface area contributed by atoms with Gasteiger partial charge < -0.3 is 4.74 Å². The predicted octanol–water partition coefficient (Wildman–Crippen LogP) is 3.48. The number of carbonyl (C=O) groups is 1. The minimum Gasteiger partial charge on any atom is -0.447 e. The van der Waals surface area contributed by atoms with E-state index in [4.69, 9.17) is 16.3 Å². The maximum Gasteiger partial charge on any atom is 0.304 e. The first-order valence-electron chi connectivity index (χ1n) is 7.11. The molecule has 0 aromatic heterocycles. The Bertz CT molecular complexity index is 575. The van der Waals surface area contributed by atoms with Crippen molar-refractivity contribution in [2.45, 2.75) is 30.6 Å². The maximum absolute atomic E-state index is 11.1. The van der Waals surface area contributed by atoms with Crippen molar-refractivity contribution < 1.29 is 9.53 Å². The zero-order valence-corrected chi connectivity index (χ0v) is 13.5. The van der Waals surface area contributed by atoms with Crippen LogP contribution in [0.1, 0.15) is 18.9 Å². The van der Waals surface area contributed by atoms with E-state index in [1.807, 2.05) is 18.2 Å². The Kier molecular flexibility index (Phi) is 4.57. The lowest BCUT2D eigenvalue weighted by molar-refractivity contribution is -0.140. The number of esters is 1. The maximum atomic E-state index is 11.1. The molecular formula is C16H18ClNO2S. The van der Waals surface area contributed by atoms with Gasteiger partial charge in [0.05, 0.1) is 0 Å². The number of fused-ring (bicyclic) bond motifs is 1. The highest BCUT2D eigenvalue weighted by atomic mass is 35.5. The molecule has 2 heterocycles. The molecule has 2 unspecified atom stereocenters. The van der Waals surface area contributed by atoms with Crippen molar-refractivity contribution in [2.75, 3.05) is 13.1 Å². The molecule has 0 saturated carbocycles. The van der Waals surface area contributed by atoms with Crippen molar-refractivity contribution in [1.82, 2.24) is 4.90 Å². The largest absolute Gasteiger partial charge is 0.447 e. The Labute approximate surface area is 134 Å². The fourth-order valence-corrected chi connectivity index (χ4v) is 4.38. The molecule has 3 nitrogen and oxygen atoms in total. The molecule has 0 spiro atoms. The summed E-state index contributed by atoms with van der Waals surface area (Å²) in [6.45, 7) is 4.31. The van der Waals surface area contributed by atoms with Gasteiger partial charge in [-0.05, 0) is 29.7 Å². The van der Waals surface area contributed by atoms with Crippen molar-refractivity contribution in [3.05, 3.63) is 46.5 Å². The molecule has 1 aromatic rings. The molecule has 2 aliphatic heterocycles. The first-order valence-corrected chi connectivity index (χ1v) is 8.43. The summed E-state index contributed by atoms with van der Waals surface area (Å²) < 4.78 is 5.28. The Morgan fingerprint density at radius 2 is 2.29 bits per heavy atom. The summed E-state index contributed by atoms with van der Waals surface area (Å²) in [7, 11) is 0. The van der Waals surface area contributed by atoms with Gasteiger partial charge in [-0.25, -0.2) is 0 Å². The lowest BCUT2D eigenvalue weighted by Crippen LogP contribution is -2.35. The molecule has 0 bridgehead atoms. The van der Waals surface area contributed by atoms with Crippen LogP contribution in [0.4, 0.5) is 0 Å². The van der Waals surface area contributed by atoms with Gasteiger partial charge in [-0.2, -0.15) is 0 Å². The number of ether oxygens (including phenoxy) is 1. The van der Waals surface area contributed by atoms with Crippen LogP contribution in [0.2, 0.25) is 5.02 Å². The first-order chi connectivity index (χ1) is 10.1. The summed E-state index contributed by atoms with van der Waals surface area (Å²) in [6, 6.07) is 7.99. The number of benzene rings is 1. The normalized spacial score (nSPS) is 25.3. The van der Waals surface area contributed by atoms with Crippen molar-refractivity contribution in [3.63, 3.8) is 0 Å². The van der Waals surface area contributed by atoms with Gasteiger partial charge in [-0.3, -0.25) is 9.69 Å². The minimum absolute atomic E-state index is 0.109. The second-order valence-electron chi connectivity index (χ2n) is 5.43. The molecule has 21 heavy (non-hydrogen) atoms. The summed E-state index contributed by atoms with van der Waals surface area (Å²) in [5.74, 6) is -0.212. The topological polar surface area (TPSA) is 29.5 Å². The summed E-state index contributed by atoms with van der Waals surface area (Å²) in [5, 5.41) is 1.32. The van der Waals surface area contributed by atoms with Gasteiger partial charge in [0.1, 0.15) is 0 Å². The van der Waals surface area contributed by atoms with Crippen LogP contribution >= 0.6 is 23.4 Å². The van der Waals surface area contributed by atoms with E-state index in [0.717, 1.165) is 31.1 Å². The van der Waals surface area contributed by atoms with Gasteiger partial charge in [-0.1, -0.05) is 29.8 Å². The standard InChI is InChI=1S/C16H18ClNO2S/c1-11(19)20-16-8-13-10-18(7-6-15(13)21-16)9-12-4-2-3-5-14(12)17/h2-5,8,15-16H,6-7,9-10H2,1H3. The fourth-order valence-electron chi connectivity index (χ4n) is 2.84. The van der Waals surface area contributed by atoms with Crippen molar-refractivity contribution in [1.29, 1.82) is 0 Å². The summed E-state index contributed by atoms with van der Waals surface area (Å²) in [6.07, 6.45) is 3.20. The molecule has 5 heteroatoms. The average Bonchev–Trinajstić information content (AvgIpc) is 2.82. The Balaban J connectivity index is 1.64. The number of piperidine rings is 1. The monoisotopic (exact) mass is 323 g/mol. The molecule has 3 rings (SSSR count). The van der Waals surface area contributed by atoms with Gasteiger partial charge in [-0.15, -0.1) is 11.8 Å². The number of hydrogen-bond acceptors (Lipinski definition) is 4. The van der Waals surface area contributed by atoms with Gasteiger partial charge in [0.15, 0.2) is 5.44 Å². The van der Waals surface area contributed by atoms with E-state index >= 15 is 0 Å². The SMILES string of the molecule is CC(=O)OC1C=C2CN(Cc3ccccc3Cl)CCC2S1. The molecule has 0 radical (unpaired) electrons. The highest BCUT2D eigenvalue weighted by molar-refractivity contribution is 8.01. The zero-order valence-electron chi connectivity index (χ0n) is 11.9. The van der Waals surface area contributed by atoms with Crippen LogP contribution in [-0.2, 0) is 16.1 Å². The molecule has 1 fully saturated rings. The smallest absolute Gasteiger partial charge is 0.304 e. The number of likely N-dealkylation sites (tertiary alicyclic amines) is 1. The van der Waals surface area contributed by atoms with E-state index in [-0.39, 0.29) is 11.4 Å². The van der Waals surface area contributed by atoms with Crippen LogP contribution in [0.3, 0.4) is 0 Å². The van der Waals surface area contributed by atoms with Crippen LogP contribution in [0.15, 0.2) is 35.9 Å². The third-order valence-corrected chi connectivity index (χ3v) is 5.55. The third kappa shape index (κ3) is 3.62. The molecule has 112 valence electrons. The van der Waals surface area contributed by atoms with Gasteiger partial charge in [0, 0.05) is 36.8 Å². The fraction of sp³-hybridized carbons (Fsp3) is 0.438. The van der Waals surface area contributed by atoms with E-state index in [2.05, 4.69) is 17.0 Å². The Morgan fingerprint density at radius 3 is 3.05 bits per heavy atom. The lowest BCUT2D eigenvalue weighted by atomic mass is 10.0. The number of hydrogen-bond donors (Lipinski definition) is 0. The second kappa shape index (κ2) is 6.42. The zero-order chi connectivity index (χ0) is 14.8. The van der Waals surface area contributed by atoms with Gasteiger partial charge >= 0.3 is 5.97 Å². The molecule has 0 aliphatic carbocycles. The van der Waals surface area contributed by atoms with Crippen LogP contribution in [0.25, 0.3) is 0 Å². The van der Waals surface area contributed by atoms with Crippen LogP contribution in [-0.4, -0.2) is 34.6 Å². The van der Waals surface area contributed by atoms with E-state index < -0.39 is 0 Å². The number of halogens is 1. The quantitative estimate of drug-likeness (QED) is 0.629. The van der Waals surface area contributed by atoms with Gasteiger partial charge in [0.25, 0.3) is 0 Å². The van der Waals surface area contributed by atoms with E-state index in [1.165, 1.54) is 18.1 Å². The van der Waals surface area contributed by atoms with Crippen molar-refractivity contribution in [3.8, 4) is 0 Å². The summed E-state index contributed by atoms with van der Waals surface area (Å²) in [4.78, 5) is 13.5. The Hall–Kier alpha value is -0.970. The third-order valence-electron chi connectivity index (χ3n) is 3.81. The van der Waals surface area contributed by atoms with Crippen LogP contribution < -0.4 is 0 Å². The minimum atomic E-state index is -0.212. The predicted molar refractivity (Wildman–Crippen MR) is 86.4 cm³/mol. The number of thioether (sulfide) groups is 1. The molecule has 2 atom stereocenters. The molecule has 2 aliphatic rings. The Morgan fingerprint density at radius 1 is 1.48 bits per heavy atom. The second-order valence-corrected chi connectivity index (χ2v) is 7.15. The van der Waals surface area contributed by atoms with E-state index in [1.54, 1.807) is 11.8 Å². The number of rotatable bonds is 3. The summed E-state index contributed by atoms with van der Waals surface area (Å²) in [5.41, 5.74) is 2.44. The molecule has 0 N–H and O–H groups in total. The molecule has 1 aromatic carbocycles. The van der Waals surface area contributed by atoms with Crippen LogP contribution in [0, 0.1) is 0 Å². The number of carbonyl (C=O) groups excluding carboxylic acids is 1. The summed E-state index contributed by atoms with van der Waals surface area (Å²) >= 11 is 7.98. The van der Waals surface area contributed by atoms with Crippen molar-refractivity contribution >= 4 is 29.3 Å². The van der Waals surface area contributed by atoms with Crippen LogP contribution in [0.5, 0.6) is 0 Å². The van der Waals surface area contributed by atoms with E-state index in [0.29, 0.717) is 5.25 Å². The van der Waals surface area contributed by atoms with Crippen molar-refractivity contribution in [2.24, 2.45) is 0 Å².